The third kappa shape index (κ3) is 5.38. The van der Waals surface area contributed by atoms with E-state index in [9.17, 15) is 0 Å². The van der Waals surface area contributed by atoms with Crippen molar-refractivity contribution in [2.24, 2.45) is 0 Å². The number of aryl methyl sites for hydroxylation is 3. The summed E-state index contributed by atoms with van der Waals surface area (Å²) in [4.78, 5) is 9.24. The minimum Gasteiger partial charge on any atom is -0.372 e. The Hall–Kier alpha value is -2.56. The number of hydrogen-bond acceptors (Lipinski definition) is 4. The van der Waals surface area contributed by atoms with E-state index in [1.54, 1.807) is 0 Å². The number of pyridine rings is 2. The lowest BCUT2D eigenvalue weighted by Gasteiger charge is -2.09. The summed E-state index contributed by atoms with van der Waals surface area (Å²) in [7, 11) is 0. The summed E-state index contributed by atoms with van der Waals surface area (Å²) >= 11 is 0. The van der Waals surface area contributed by atoms with E-state index >= 15 is 0 Å². The molecular weight excluding hydrogens is 384 g/mol. The van der Waals surface area contributed by atoms with Crippen molar-refractivity contribution in [2.75, 3.05) is 0 Å². The van der Waals surface area contributed by atoms with Crippen LogP contribution in [0.4, 0.5) is 0 Å². The van der Waals surface area contributed by atoms with Gasteiger partial charge in [-0.3, -0.25) is 9.97 Å². The zero-order valence-corrected chi connectivity index (χ0v) is 19.5. The fourth-order valence-corrected chi connectivity index (χ4v) is 3.86. The third-order valence-corrected chi connectivity index (χ3v) is 5.53. The van der Waals surface area contributed by atoms with E-state index in [2.05, 4.69) is 62.2 Å². The molecule has 1 aromatic carbocycles. The van der Waals surface area contributed by atoms with Crippen molar-refractivity contribution in [3.05, 3.63) is 81.8 Å². The van der Waals surface area contributed by atoms with Gasteiger partial charge in [0.2, 0.25) is 0 Å². The lowest BCUT2D eigenvalue weighted by molar-refractivity contribution is 0.134. The molecule has 0 unspecified atom stereocenters. The Morgan fingerprint density at radius 1 is 0.742 bits per heavy atom. The van der Waals surface area contributed by atoms with Crippen molar-refractivity contribution in [1.29, 1.82) is 0 Å². The molecule has 4 heterocycles. The van der Waals surface area contributed by atoms with Gasteiger partial charge >= 0.3 is 0 Å². The van der Waals surface area contributed by atoms with Crippen LogP contribution in [0.25, 0.3) is 11.3 Å². The lowest BCUT2D eigenvalue weighted by Crippen LogP contribution is -1.97. The first-order valence-corrected chi connectivity index (χ1v) is 11.4. The molecule has 0 saturated heterocycles. The number of ether oxygens (including phenoxy) is 2. The first kappa shape index (κ1) is 23.1. The maximum atomic E-state index is 5.54. The maximum absolute atomic E-state index is 5.54. The van der Waals surface area contributed by atoms with Crippen LogP contribution in [-0.4, -0.2) is 9.97 Å². The van der Waals surface area contributed by atoms with Crippen molar-refractivity contribution in [1.82, 2.24) is 9.97 Å². The fraction of sp³-hybridized carbons (Fsp3) is 0.407. The summed E-state index contributed by atoms with van der Waals surface area (Å²) in [5.74, 6) is 0. The molecule has 0 aliphatic carbocycles. The number of aromatic nitrogens is 2. The van der Waals surface area contributed by atoms with Gasteiger partial charge in [0.25, 0.3) is 0 Å². The van der Waals surface area contributed by atoms with Crippen LogP contribution < -0.4 is 0 Å². The predicted octanol–water partition coefficient (Wildman–Crippen LogP) is 6.35. The van der Waals surface area contributed by atoms with Gasteiger partial charge in [-0.1, -0.05) is 58.0 Å². The molecular formula is C27H34N2O2. The summed E-state index contributed by atoms with van der Waals surface area (Å²) in [6.45, 7) is 13.3. The zero-order chi connectivity index (χ0) is 22.2. The Labute approximate surface area is 186 Å². The van der Waals surface area contributed by atoms with E-state index in [4.69, 9.17) is 14.5 Å². The molecule has 2 aliphatic rings. The summed E-state index contributed by atoms with van der Waals surface area (Å²) in [5, 5.41) is 0. The van der Waals surface area contributed by atoms with E-state index < -0.39 is 0 Å². The largest absolute Gasteiger partial charge is 0.372 e. The van der Waals surface area contributed by atoms with Gasteiger partial charge in [-0.15, -0.1) is 0 Å². The van der Waals surface area contributed by atoms with Crippen molar-refractivity contribution in [3.63, 3.8) is 0 Å². The molecule has 2 aromatic heterocycles. The Morgan fingerprint density at radius 3 is 1.90 bits per heavy atom. The van der Waals surface area contributed by atoms with Crippen molar-refractivity contribution >= 4 is 0 Å². The summed E-state index contributed by atoms with van der Waals surface area (Å²) in [6.07, 6.45) is 1.97. The quantitative estimate of drug-likeness (QED) is 0.497. The molecule has 4 heteroatoms. The summed E-state index contributed by atoms with van der Waals surface area (Å²) in [6, 6.07) is 14.7. The summed E-state index contributed by atoms with van der Waals surface area (Å²) in [5.41, 5.74) is 10.9. The maximum Gasteiger partial charge on any atom is 0.0764 e. The predicted molar refractivity (Wildman–Crippen MR) is 126 cm³/mol. The van der Waals surface area contributed by atoms with E-state index in [1.165, 1.54) is 33.5 Å². The van der Waals surface area contributed by atoms with Crippen LogP contribution in [0.5, 0.6) is 0 Å². The Balaban J connectivity index is 0.000000171. The molecule has 31 heavy (non-hydrogen) atoms. The molecule has 0 saturated carbocycles. The number of rotatable bonds is 3. The van der Waals surface area contributed by atoms with Gasteiger partial charge in [0.15, 0.2) is 0 Å². The second kappa shape index (κ2) is 11.2. The normalized spacial score (nSPS) is 13.5. The number of hydrogen-bond donors (Lipinski definition) is 0. The van der Waals surface area contributed by atoms with Crippen LogP contribution in [0.15, 0.2) is 42.5 Å². The molecule has 0 radical (unpaired) electrons. The van der Waals surface area contributed by atoms with Crippen LogP contribution in [-0.2, 0) is 48.7 Å². The topological polar surface area (TPSA) is 44.2 Å². The van der Waals surface area contributed by atoms with Gasteiger partial charge in [-0.25, -0.2) is 0 Å². The molecule has 3 aromatic rings. The van der Waals surface area contributed by atoms with Crippen LogP contribution in [0.3, 0.4) is 0 Å². The van der Waals surface area contributed by atoms with Gasteiger partial charge in [-0.05, 0) is 43.0 Å². The molecule has 0 N–H and O–H groups in total. The molecule has 4 nitrogen and oxygen atoms in total. The van der Waals surface area contributed by atoms with Crippen molar-refractivity contribution in [2.45, 2.75) is 73.9 Å². The van der Waals surface area contributed by atoms with Crippen LogP contribution >= 0.6 is 0 Å². The second-order valence-electron chi connectivity index (χ2n) is 7.50. The third-order valence-electron chi connectivity index (χ3n) is 5.53. The highest BCUT2D eigenvalue weighted by Gasteiger charge is 2.18. The van der Waals surface area contributed by atoms with Crippen LogP contribution in [0.2, 0.25) is 0 Å². The average Bonchev–Trinajstić information content (AvgIpc) is 3.50. The number of fused-ring (bicyclic) bond motifs is 2. The Bertz CT molecular complexity index is 1000. The first-order valence-electron chi connectivity index (χ1n) is 11.4. The molecule has 164 valence electrons. The SMILES string of the molecule is CC.CCc1cc2c(c(-c3ccccc3)n1)COC2.CCc1cc2c(c(C)n1)COC2. The van der Waals surface area contributed by atoms with Gasteiger partial charge in [0.1, 0.15) is 0 Å². The molecule has 5 rings (SSSR count). The van der Waals surface area contributed by atoms with Crippen molar-refractivity contribution < 1.29 is 9.47 Å². The average molecular weight is 419 g/mol. The molecule has 0 fully saturated rings. The van der Waals surface area contributed by atoms with Crippen molar-refractivity contribution in [3.8, 4) is 11.3 Å². The molecule has 0 amide bonds. The summed E-state index contributed by atoms with van der Waals surface area (Å²) < 4.78 is 10.9. The fourth-order valence-electron chi connectivity index (χ4n) is 3.86. The minimum atomic E-state index is 0.691. The van der Waals surface area contributed by atoms with E-state index in [0.29, 0.717) is 6.61 Å². The van der Waals surface area contributed by atoms with E-state index in [0.717, 1.165) is 49.7 Å². The molecule has 0 atom stereocenters. The van der Waals surface area contributed by atoms with Crippen LogP contribution in [0.1, 0.15) is 67.0 Å². The number of benzene rings is 1. The monoisotopic (exact) mass is 418 g/mol. The Morgan fingerprint density at radius 2 is 1.29 bits per heavy atom. The van der Waals surface area contributed by atoms with Crippen LogP contribution in [0, 0.1) is 6.92 Å². The Kier molecular flexibility index (Phi) is 8.33. The molecule has 0 bridgehead atoms. The molecule has 2 aliphatic heterocycles. The number of nitrogens with zero attached hydrogens (tertiary/aromatic N) is 2. The van der Waals surface area contributed by atoms with Gasteiger partial charge in [0, 0.05) is 33.8 Å². The standard InChI is InChI=1S/C15H15NO.C10H13NO.C2H6/c1-2-13-8-12-9-17-10-14(12)15(16-13)11-6-4-3-5-7-11;1-3-9-4-8-5-12-6-10(8)7(2)11-9;1-2/h3-8H,2,9-10H2,1H3;4H,3,5-6H2,1-2H3;1-2H3. The zero-order valence-electron chi connectivity index (χ0n) is 19.5. The highest BCUT2D eigenvalue weighted by Crippen LogP contribution is 2.30. The first-order chi connectivity index (χ1) is 15.2. The second-order valence-corrected chi connectivity index (χ2v) is 7.50. The van der Waals surface area contributed by atoms with E-state index in [-0.39, 0.29) is 0 Å². The highest BCUT2D eigenvalue weighted by molar-refractivity contribution is 5.65. The van der Waals surface area contributed by atoms with Gasteiger partial charge < -0.3 is 9.47 Å². The highest BCUT2D eigenvalue weighted by atomic mass is 16.5. The minimum absolute atomic E-state index is 0.691. The smallest absolute Gasteiger partial charge is 0.0764 e. The van der Waals surface area contributed by atoms with Gasteiger partial charge in [-0.2, -0.15) is 0 Å². The van der Waals surface area contributed by atoms with Gasteiger partial charge in [0.05, 0.1) is 32.1 Å². The van der Waals surface area contributed by atoms with E-state index in [1.807, 2.05) is 19.9 Å². The lowest BCUT2D eigenvalue weighted by atomic mass is 10.0. The molecule has 0 spiro atoms.